The molecule has 11 atom stereocenters. The number of hydrogen-bond donors (Lipinski definition) is 7. The summed E-state index contributed by atoms with van der Waals surface area (Å²) in [5, 5.41) is 71.1. The molecule has 0 aromatic carbocycles. The number of fused-ring (bicyclic) bond motifs is 1. The van der Waals surface area contributed by atoms with E-state index in [9.17, 15) is 40.5 Å². The Morgan fingerprint density at radius 3 is 2.34 bits per heavy atom. The first kappa shape index (κ1) is 22.3. The van der Waals surface area contributed by atoms with Crippen LogP contribution in [0.4, 0.5) is 0 Å². The van der Waals surface area contributed by atoms with Crippen LogP contribution in [0.2, 0.25) is 0 Å². The minimum absolute atomic E-state index is 0.422. The summed E-state index contributed by atoms with van der Waals surface area (Å²) in [4.78, 5) is 12.1. The van der Waals surface area contributed by atoms with Crippen molar-refractivity contribution >= 4 is 5.97 Å². The van der Waals surface area contributed by atoms with Gasteiger partial charge in [0.2, 0.25) is 6.29 Å². The smallest absolute Gasteiger partial charge is 0.339 e. The van der Waals surface area contributed by atoms with Gasteiger partial charge in [-0.15, -0.1) is 0 Å². The fourth-order valence-corrected chi connectivity index (χ4v) is 4.22. The van der Waals surface area contributed by atoms with E-state index in [1.165, 1.54) is 6.92 Å². The Morgan fingerprint density at radius 2 is 1.76 bits per heavy atom. The van der Waals surface area contributed by atoms with Crippen LogP contribution < -0.4 is 0 Å². The van der Waals surface area contributed by atoms with Crippen LogP contribution in [0.5, 0.6) is 0 Å². The summed E-state index contributed by atoms with van der Waals surface area (Å²) >= 11 is 0. The molecule has 0 aromatic heterocycles. The number of carbonyl (C=O) groups is 1. The Kier molecular flexibility index (Phi) is 6.21. The van der Waals surface area contributed by atoms with Gasteiger partial charge in [0, 0.05) is 0 Å². The third kappa shape index (κ3) is 3.34. The predicted octanol–water partition coefficient (Wildman–Crippen LogP) is -4.07. The average Bonchev–Trinajstić information content (AvgIpc) is 2.88. The SMILES string of the molecule is COC(=O)C1=CO[C@@H](OC2OC(CO)C(O)C(O)C2O)[C@@H]2[C@@H](C)[C@@H](O)[C@@H](O)[C@]12O. The highest BCUT2D eigenvalue weighted by molar-refractivity contribution is 5.91. The Hall–Kier alpha value is -1.35. The van der Waals surface area contributed by atoms with E-state index in [0.29, 0.717) is 0 Å². The van der Waals surface area contributed by atoms with Gasteiger partial charge in [-0.3, -0.25) is 0 Å². The molecule has 0 amide bonds. The number of methoxy groups -OCH3 is 1. The van der Waals surface area contributed by atoms with Crippen molar-refractivity contribution < 1.29 is 59.5 Å². The van der Waals surface area contributed by atoms with E-state index in [-0.39, 0.29) is 0 Å². The summed E-state index contributed by atoms with van der Waals surface area (Å²) < 4.78 is 20.8. The predicted molar refractivity (Wildman–Crippen MR) is 89.4 cm³/mol. The van der Waals surface area contributed by atoms with E-state index in [1.807, 2.05) is 0 Å². The van der Waals surface area contributed by atoms with E-state index >= 15 is 0 Å². The normalized spacial score (nSPS) is 49.8. The van der Waals surface area contributed by atoms with Crippen LogP contribution in [0.3, 0.4) is 0 Å². The number of aliphatic hydroxyl groups excluding tert-OH is 6. The molecule has 0 radical (unpaired) electrons. The van der Waals surface area contributed by atoms with Crippen molar-refractivity contribution in [3.8, 4) is 0 Å². The van der Waals surface area contributed by atoms with Gasteiger partial charge in [-0.1, -0.05) is 6.92 Å². The molecule has 2 aliphatic heterocycles. The molecule has 29 heavy (non-hydrogen) atoms. The Labute approximate surface area is 165 Å². The lowest BCUT2D eigenvalue weighted by atomic mass is 9.78. The molecular formula is C17H26O12. The van der Waals surface area contributed by atoms with Crippen molar-refractivity contribution in [1.29, 1.82) is 0 Å². The number of ether oxygens (including phenoxy) is 4. The number of carbonyl (C=O) groups excluding carboxylic acids is 1. The first-order chi connectivity index (χ1) is 13.6. The molecule has 166 valence electrons. The lowest BCUT2D eigenvalue weighted by Gasteiger charge is -2.45. The third-order valence-corrected chi connectivity index (χ3v) is 5.95. The Morgan fingerprint density at radius 1 is 1.10 bits per heavy atom. The maximum Gasteiger partial charge on any atom is 0.339 e. The molecular weight excluding hydrogens is 396 g/mol. The third-order valence-electron chi connectivity index (χ3n) is 5.95. The second kappa shape index (κ2) is 8.06. The van der Waals surface area contributed by atoms with E-state index in [1.54, 1.807) is 0 Å². The Bertz CT molecular complexity index is 652. The van der Waals surface area contributed by atoms with Gasteiger partial charge in [-0.25, -0.2) is 4.79 Å². The van der Waals surface area contributed by atoms with Gasteiger partial charge in [-0.05, 0) is 5.92 Å². The zero-order chi connectivity index (χ0) is 21.7. The highest BCUT2D eigenvalue weighted by Crippen LogP contribution is 2.50. The number of rotatable bonds is 4. The van der Waals surface area contributed by atoms with E-state index in [2.05, 4.69) is 4.74 Å². The largest absolute Gasteiger partial charge is 0.471 e. The first-order valence-corrected chi connectivity index (χ1v) is 9.08. The van der Waals surface area contributed by atoms with Crippen LogP contribution in [0.1, 0.15) is 6.92 Å². The molecule has 2 fully saturated rings. The van der Waals surface area contributed by atoms with E-state index < -0.39 is 84.8 Å². The van der Waals surface area contributed by atoms with Crippen molar-refractivity contribution in [2.24, 2.45) is 11.8 Å². The number of esters is 1. The van der Waals surface area contributed by atoms with Crippen LogP contribution in [-0.2, 0) is 23.7 Å². The molecule has 7 N–H and O–H groups in total. The van der Waals surface area contributed by atoms with Gasteiger partial charge in [0.15, 0.2) is 6.29 Å². The van der Waals surface area contributed by atoms with Crippen LogP contribution in [0.25, 0.3) is 0 Å². The summed E-state index contributed by atoms with van der Waals surface area (Å²) in [5.41, 5.74) is -2.71. The minimum atomic E-state index is -2.29. The van der Waals surface area contributed by atoms with Crippen molar-refractivity contribution in [2.45, 2.75) is 61.7 Å². The van der Waals surface area contributed by atoms with Crippen molar-refractivity contribution in [3.63, 3.8) is 0 Å². The first-order valence-electron chi connectivity index (χ1n) is 9.08. The van der Waals surface area contributed by atoms with Crippen molar-refractivity contribution in [3.05, 3.63) is 11.8 Å². The van der Waals surface area contributed by atoms with E-state index in [4.69, 9.17) is 14.2 Å². The quantitative estimate of drug-likeness (QED) is 0.217. The van der Waals surface area contributed by atoms with Crippen LogP contribution in [0, 0.1) is 11.8 Å². The molecule has 1 saturated heterocycles. The van der Waals surface area contributed by atoms with Crippen LogP contribution in [-0.4, -0.2) is 110 Å². The average molecular weight is 422 g/mol. The van der Waals surface area contributed by atoms with Crippen LogP contribution >= 0.6 is 0 Å². The topological polar surface area (TPSA) is 196 Å². The fraction of sp³-hybridized carbons (Fsp3) is 0.824. The van der Waals surface area contributed by atoms with Gasteiger partial charge in [0.25, 0.3) is 0 Å². The van der Waals surface area contributed by atoms with Crippen molar-refractivity contribution in [1.82, 2.24) is 0 Å². The molecule has 3 rings (SSSR count). The zero-order valence-corrected chi connectivity index (χ0v) is 15.7. The molecule has 2 heterocycles. The second-order valence-electron chi connectivity index (χ2n) is 7.51. The maximum atomic E-state index is 12.1. The molecule has 0 bridgehead atoms. The maximum absolute atomic E-state index is 12.1. The molecule has 12 heteroatoms. The fourth-order valence-electron chi connectivity index (χ4n) is 4.22. The van der Waals surface area contributed by atoms with Gasteiger partial charge >= 0.3 is 5.97 Å². The summed E-state index contributed by atoms with van der Waals surface area (Å²) in [7, 11) is 1.07. The molecule has 0 aromatic rings. The van der Waals surface area contributed by atoms with Crippen molar-refractivity contribution in [2.75, 3.05) is 13.7 Å². The van der Waals surface area contributed by atoms with Gasteiger partial charge < -0.3 is 54.7 Å². The standard InChI is InChI=1S/C17H26O12/c1-5-8-15(29-16-12(22)11(21)10(20)7(3-18)28-16)27-4-6(14(24)26-2)17(8,25)13(23)9(5)19/h4-5,7-13,15-16,18-23,25H,3H2,1-2H3/t5-,7?,8+,9-,10?,11?,12?,13-,15+,16?,17+/m1/s1. The minimum Gasteiger partial charge on any atom is -0.471 e. The molecule has 12 nitrogen and oxygen atoms in total. The molecule has 1 aliphatic carbocycles. The molecule has 5 unspecified atom stereocenters. The van der Waals surface area contributed by atoms with Gasteiger partial charge in [0.1, 0.15) is 48.0 Å². The van der Waals surface area contributed by atoms with E-state index in [0.717, 1.165) is 13.4 Å². The van der Waals surface area contributed by atoms with Gasteiger partial charge in [-0.2, -0.15) is 0 Å². The summed E-state index contributed by atoms with van der Waals surface area (Å²) in [5.74, 6) is -3.01. The summed E-state index contributed by atoms with van der Waals surface area (Å²) in [6.45, 7) is 0.813. The molecule has 1 saturated carbocycles. The van der Waals surface area contributed by atoms with Gasteiger partial charge in [0.05, 0.1) is 25.7 Å². The zero-order valence-electron chi connectivity index (χ0n) is 15.7. The van der Waals surface area contributed by atoms with Crippen LogP contribution in [0.15, 0.2) is 11.8 Å². The second-order valence-corrected chi connectivity index (χ2v) is 7.51. The molecule has 0 spiro atoms. The number of hydrogen-bond acceptors (Lipinski definition) is 12. The number of aliphatic hydroxyl groups is 7. The summed E-state index contributed by atoms with van der Waals surface area (Å²) in [6.07, 6.45) is -11.7. The highest BCUT2D eigenvalue weighted by atomic mass is 16.8. The molecule has 3 aliphatic rings. The monoisotopic (exact) mass is 422 g/mol. The Balaban J connectivity index is 1.91. The lowest BCUT2D eigenvalue weighted by molar-refractivity contribution is -0.347. The summed E-state index contributed by atoms with van der Waals surface area (Å²) in [6, 6.07) is 0. The lowest BCUT2D eigenvalue weighted by Crippen LogP contribution is -2.61. The highest BCUT2D eigenvalue weighted by Gasteiger charge is 2.66.